The average Bonchev–Trinajstić information content (AvgIpc) is 2.40. The topological polar surface area (TPSA) is 55.8 Å². The van der Waals surface area contributed by atoms with E-state index in [2.05, 4.69) is 0 Å². The van der Waals surface area contributed by atoms with Gasteiger partial charge in [0.05, 0.1) is 36.0 Å². The minimum atomic E-state index is -3.10. The third kappa shape index (κ3) is 5.03. The average molecular weight is 341 g/mol. The fraction of sp³-hybridized carbons (Fsp3) is 0.538. The van der Waals surface area contributed by atoms with Crippen molar-refractivity contribution in [2.75, 3.05) is 19.4 Å². The lowest BCUT2D eigenvalue weighted by molar-refractivity contribution is 0.220. The monoisotopic (exact) mass is 340 g/mol. The number of benzene rings is 1. The largest absolute Gasteiger partial charge is 0.392 e. The minimum Gasteiger partial charge on any atom is -0.392 e. The number of aryl methyl sites for hydroxylation is 1. The Hall–Kier alpha value is -0.0900. The number of aliphatic hydroxyl groups is 1. The van der Waals surface area contributed by atoms with Crippen LogP contribution in [0.3, 0.4) is 0 Å². The summed E-state index contributed by atoms with van der Waals surface area (Å²) in [5.74, 6) is 0. The van der Waals surface area contributed by atoms with Gasteiger partial charge in [-0.1, -0.05) is 23.2 Å². The van der Waals surface area contributed by atoms with Gasteiger partial charge in [0.15, 0.2) is 0 Å². The lowest BCUT2D eigenvalue weighted by Crippen LogP contribution is -2.04. The molecule has 0 saturated carbocycles. The van der Waals surface area contributed by atoms with Crippen molar-refractivity contribution in [2.45, 2.75) is 26.9 Å². The van der Waals surface area contributed by atoms with Crippen molar-refractivity contribution in [3.8, 4) is 0 Å². The highest BCUT2D eigenvalue weighted by Gasteiger charge is 2.23. The molecule has 0 bridgehead atoms. The first-order chi connectivity index (χ1) is 9.45. The molecule has 0 saturated heterocycles. The number of rotatable bonds is 8. The molecule has 1 rings (SSSR count). The second-order valence-electron chi connectivity index (χ2n) is 4.11. The molecule has 1 aromatic carbocycles. The number of aliphatic hydroxyl groups excluding tert-OH is 1. The van der Waals surface area contributed by atoms with Gasteiger partial charge in [-0.3, -0.25) is 4.57 Å². The molecule has 0 aliphatic carbocycles. The molecule has 0 aliphatic rings. The van der Waals surface area contributed by atoms with Crippen molar-refractivity contribution in [3.63, 3.8) is 0 Å². The standard InChI is InChI=1S/C13H19Cl2O4P/c1-3-18-20(17,19-4-2)6-5-10-7-12(14)13(15)8-11(10)9-16/h7-8,16H,3-6,9H2,1-2H3. The van der Waals surface area contributed by atoms with Crippen molar-refractivity contribution >= 4 is 30.8 Å². The molecule has 1 aromatic rings. The van der Waals surface area contributed by atoms with E-state index < -0.39 is 7.60 Å². The second kappa shape index (κ2) is 8.38. The van der Waals surface area contributed by atoms with Gasteiger partial charge in [0.2, 0.25) is 0 Å². The molecule has 114 valence electrons. The van der Waals surface area contributed by atoms with E-state index >= 15 is 0 Å². The highest BCUT2D eigenvalue weighted by atomic mass is 35.5. The summed E-state index contributed by atoms with van der Waals surface area (Å²) >= 11 is 11.9. The van der Waals surface area contributed by atoms with Crippen molar-refractivity contribution in [2.24, 2.45) is 0 Å². The summed E-state index contributed by atoms with van der Waals surface area (Å²) in [6, 6.07) is 3.29. The zero-order valence-electron chi connectivity index (χ0n) is 11.6. The summed E-state index contributed by atoms with van der Waals surface area (Å²) in [6.45, 7) is 4.03. The van der Waals surface area contributed by atoms with Crippen LogP contribution in [-0.4, -0.2) is 24.5 Å². The molecule has 20 heavy (non-hydrogen) atoms. The maximum atomic E-state index is 12.4. The predicted molar refractivity (Wildman–Crippen MR) is 81.8 cm³/mol. The Labute approximate surface area is 129 Å². The van der Waals surface area contributed by atoms with Crippen LogP contribution in [0.25, 0.3) is 0 Å². The Morgan fingerprint density at radius 3 is 2.05 bits per heavy atom. The van der Waals surface area contributed by atoms with E-state index in [9.17, 15) is 9.67 Å². The number of hydrogen-bond acceptors (Lipinski definition) is 4. The van der Waals surface area contributed by atoms with E-state index in [1.807, 2.05) is 0 Å². The molecule has 4 nitrogen and oxygen atoms in total. The molecular weight excluding hydrogens is 322 g/mol. The van der Waals surface area contributed by atoms with Crippen LogP contribution < -0.4 is 0 Å². The van der Waals surface area contributed by atoms with E-state index in [4.69, 9.17) is 32.2 Å². The van der Waals surface area contributed by atoms with Crippen LogP contribution in [-0.2, 0) is 26.6 Å². The normalized spacial score (nSPS) is 11.8. The summed E-state index contributed by atoms with van der Waals surface area (Å²) < 4.78 is 22.8. The Bertz CT molecular complexity index is 484. The summed E-state index contributed by atoms with van der Waals surface area (Å²) in [7, 11) is -3.10. The first kappa shape index (κ1) is 18.0. The molecular formula is C13H19Cl2O4P. The summed E-state index contributed by atoms with van der Waals surface area (Å²) in [4.78, 5) is 0. The van der Waals surface area contributed by atoms with Crippen molar-refractivity contribution in [1.29, 1.82) is 0 Å². The zero-order chi connectivity index (χ0) is 15.2. The molecule has 7 heteroatoms. The van der Waals surface area contributed by atoms with Crippen molar-refractivity contribution in [1.82, 2.24) is 0 Å². The third-order valence-corrected chi connectivity index (χ3v) is 5.52. The molecule has 0 atom stereocenters. The third-order valence-electron chi connectivity index (χ3n) is 2.72. The SMILES string of the molecule is CCOP(=O)(CCc1cc(Cl)c(Cl)cc1CO)OCC. The van der Waals surface area contributed by atoms with E-state index in [1.54, 1.807) is 26.0 Å². The molecule has 0 heterocycles. The van der Waals surface area contributed by atoms with Gasteiger partial charge in [-0.25, -0.2) is 0 Å². The van der Waals surface area contributed by atoms with Crippen LogP contribution in [0.15, 0.2) is 12.1 Å². The van der Waals surface area contributed by atoms with Crippen molar-refractivity contribution < 1.29 is 18.7 Å². The molecule has 1 N–H and O–H groups in total. The molecule has 0 aliphatic heterocycles. The molecule has 0 unspecified atom stereocenters. The van der Waals surface area contributed by atoms with Crippen molar-refractivity contribution in [3.05, 3.63) is 33.3 Å². The van der Waals surface area contributed by atoms with Gasteiger partial charge in [-0.2, -0.15) is 0 Å². The van der Waals surface area contributed by atoms with E-state index in [-0.39, 0.29) is 12.8 Å². The van der Waals surface area contributed by atoms with Crippen LogP contribution >= 0.6 is 30.8 Å². The summed E-state index contributed by atoms with van der Waals surface area (Å²) in [5.41, 5.74) is 1.46. The Balaban J connectivity index is 2.87. The quantitative estimate of drug-likeness (QED) is 0.717. The molecule has 0 spiro atoms. The highest BCUT2D eigenvalue weighted by Crippen LogP contribution is 2.48. The van der Waals surface area contributed by atoms with Gasteiger partial charge in [0.1, 0.15) is 0 Å². The first-order valence-corrected chi connectivity index (χ1v) is 8.90. The van der Waals surface area contributed by atoms with E-state index in [0.717, 1.165) is 5.56 Å². The summed E-state index contributed by atoms with van der Waals surface area (Å²) in [6.07, 6.45) is 0.670. The fourth-order valence-electron chi connectivity index (χ4n) is 1.83. The van der Waals surface area contributed by atoms with Crippen LogP contribution in [0.2, 0.25) is 10.0 Å². The van der Waals surface area contributed by atoms with E-state index in [0.29, 0.717) is 35.2 Å². The Kier molecular flexibility index (Phi) is 7.52. The maximum absolute atomic E-state index is 12.4. The minimum absolute atomic E-state index is 0.153. The highest BCUT2D eigenvalue weighted by molar-refractivity contribution is 7.53. The van der Waals surface area contributed by atoms with Gasteiger partial charge in [-0.05, 0) is 43.5 Å². The molecule has 0 amide bonds. The van der Waals surface area contributed by atoms with Gasteiger partial charge >= 0.3 is 7.60 Å². The molecule has 0 aromatic heterocycles. The summed E-state index contributed by atoms with van der Waals surface area (Å²) in [5, 5.41) is 10.1. The fourth-order valence-corrected chi connectivity index (χ4v) is 3.83. The Morgan fingerprint density at radius 2 is 1.60 bits per heavy atom. The Morgan fingerprint density at radius 1 is 1.10 bits per heavy atom. The molecule has 0 fully saturated rings. The lowest BCUT2D eigenvalue weighted by Gasteiger charge is -2.18. The molecule has 0 radical (unpaired) electrons. The first-order valence-electron chi connectivity index (χ1n) is 6.41. The second-order valence-corrected chi connectivity index (χ2v) is 7.11. The number of hydrogen-bond donors (Lipinski definition) is 1. The maximum Gasteiger partial charge on any atom is 0.330 e. The number of halogens is 2. The van der Waals surface area contributed by atoms with Gasteiger partial charge in [-0.15, -0.1) is 0 Å². The van der Waals surface area contributed by atoms with Crippen LogP contribution in [0.5, 0.6) is 0 Å². The van der Waals surface area contributed by atoms with Gasteiger partial charge in [0.25, 0.3) is 0 Å². The smallest absolute Gasteiger partial charge is 0.330 e. The predicted octanol–water partition coefficient (Wildman–Crippen LogP) is 4.29. The van der Waals surface area contributed by atoms with Gasteiger partial charge in [0, 0.05) is 0 Å². The van der Waals surface area contributed by atoms with E-state index in [1.165, 1.54) is 0 Å². The zero-order valence-corrected chi connectivity index (χ0v) is 14.0. The van der Waals surface area contributed by atoms with Gasteiger partial charge < -0.3 is 14.2 Å². The van der Waals surface area contributed by atoms with Crippen LogP contribution in [0.4, 0.5) is 0 Å². The van der Waals surface area contributed by atoms with Crippen LogP contribution in [0.1, 0.15) is 25.0 Å². The lowest BCUT2D eigenvalue weighted by atomic mass is 10.1. The van der Waals surface area contributed by atoms with Crippen LogP contribution in [0, 0.1) is 0 Å².